The van der Waals surface area contributed by atoms with Gasteiger partial charge in [-0.3, -0.25) is 0 Å². The first-order valence-electron chi connectivity index (χ1n) is 8.27. The summed E-state index contributed by atoms with van der Waals surface area (Å²) in [6.45, 7) is 17.0. The molecule has 1 saturated heterocycles. The Morgan fingerprint density at radius 2 is 1.90 bits per heavy atom. The van der Waals surface area contributed by atoms with Crippen LogP contribution in [0.2, 0.25) is 0 Å². The minimum Gasteiger partial charge on any atom is -0.369 e. The topological polar surface area (TPSA) is 21.3 Å². The molecule has 0 amide bonds. The van der Waals surface area contributed by atoms with E-state index in [-0.39, 0.29) is 11.2 Å². The third-order valence-corrected chi connectivity index (χ3v) is 5.88. The van der Waals surface area contributed by atoms with Gasteiger partial charge in [0.25, 0.3) is 0 Å². The van der Waals surface area contributed by atoms with E-state index in [0.29, 0.717) is 12.0 Å². The molecule has 0 radical (unpaired) electrons. The van der Waals surface area contributed by atoms with Gasteiger partial charge in [0.05, 0.1) is 11.2 Å². The van der Waals surface area contributed by atoms with Crippen molar-refractivity contribution in [2.24, 2.45) is 5.92 Å². The van der Waals surface area contributed by atoms with Gasteiger partial charge in [0.2, 0.25) is 0 Å². The summed E-state index contributed by atoms with van der Waals surface area (Å²) in [5.41, 5.74) is -0.00767. The van der Waals surface area contributed by atoms with E-state index in [0.717, 1.165) is 18.2 Å². The molecule has 3 unspecified atom stereocenters. The first-order chi connectivity index (χ1) is 9.22. The van der Waals surface area contributed by atoms with Crippen molar-refractivity contribution >= 4 is 11.8 Å². The Bertz CT molecular complexity index is 291. The second-order valence-corrected chi connectivity index (χ2v) is 8.86. The quantitative estimate of drug-likeness (QED) is 0.714. The Morgan fingerprint density at radius 3 is 2.35 bits per heavy atom. The molecule has 0 aromatic heterocycles. The van der Waals surface area contributed by atoms with Crippen LogP contribution in [0.15, 0.2) is 0 Å². The fourth-order valence-corrected chi connectivity index (χ4v) is 4.39. The number of rotatable bonds is 8. The zero-order valence-corrected chi connectivity index (χ0v) is 15.4. The van der Waals surface area contributed by atoms with Crippen LogP contribution in [0.5, 0.6) is 0 Å². The second-order valence-electron chi connectivity index (χ2n) is 7.39. The highest BCUT2D eigenvalue weighted by atomic mass is 32.2. The average Bonchev–Trinajstić information content (AvgIpc) is 2.57. The van der Waals surface area contributed by atoms with Gasteiger partial charge in [0.15, 0.2) is 0 Å². The summed E-state index contributed by atoms with van der Waals surface area (Å²) >= 11 is 2.10. The molecular weight excluding hydrogens is 266 g/mol. The summed E-state index contributed by atoms with van der Waals surface area (Å²) in [7, 11) is 0. The number of hydrogen-bond donors (Lipinski definition) is 1. The van der Waals surface area contributed by atoms with Crippen LogP contribution in [0.1, 0.15) is 67.7 Å². The molecule has 0 bridgehead atoms. The molecule has 0 aromatic carbocycles. The normalized spacial score (nSPS) is 27.4. The van der Waals surface area contributed by atoms with E-state index >= 15 is 0 Å². The van der Waals surface area contributed by atoms with Crippen LogP contribution in [0.3, 0.4) is 0 Å². The lowest BCUT2D eigenvalue weighted by atomic mass is 9.82. The molecule has 1 aliphatic rings. The van der Waals surface area contributed by atoms with Gasteiger partial charge in [0.1, 0.15) is 0 Å². The van der Waals surface area contributed by atoms with Gasteiger partial charge >= 0.3 is 0 Å². The zero-order chi connectivity index (χ0) is 15.4. The molecule has 3 atom stereocenters. The third kappa shape index (κ3) is 5.23. The third-order valence-electron chi connectivity index (χ3n) is 4.42. The highest BCUT2D eigenvalue weighted by Gasteiger charge is 2.48. The SMILES string of the molecule is CCCNC(CSC(C)CC)C1CC(C)(C)OC1(C)C. The van der Waals surface area contributed by atoms with Crippen molar-refractivity contribution in [1.29, 1.82) is 0 Å². The molecule has 0 saturated carbocycles. The molecule has 0 aliphatic carbocycles. The summed E-state index contributed by atoms with van der Waals surface area (Å²) < 4.78 is 6.29. The molecule has 2 nitrogen and oxygen atoms in total. The van der Waals surface area contributed by atoms with Crippen LogP contribution in [-0.4, -0.2) is 34.8 Å². The van der Waals surface area contributed by atoms with Crippen molar-refractivity contribution in [2.45, 2.75) is 90.2 Å². The summed E-state index contributed by atoms with van der Waals surface area (Å²) in [4.78, 5) is 0. The molecular formula is C17H35NOS. The zero-order valence-electron chi connectivity index (χ0n) is 14.6. The summed E-state index contributed by atoms with van der Waals surface area (Å²) in [6.07, 6.45) is 3.60. The van der Waals surface area contributed by atoms with E-state index in [1.165, 1.54) is 18.6 Å². The van der Waals surface area contributed by atoms with Crippen molar-refractivity contribution in [2.75, 3.05) is 12.3 Å². The molecule has 1 N–H and O–H groups in total. The van der Waals surface area contributed by atoms with Gasteiger partial charge < -0.3 is 10.1 Å². The Morgan fingerprint density at radius 1 is 1.25 bits per heavy atom. The minimum absolute atomic E-state index is 0.0152. The summed E-state index contributed by atoms with van der Waals surface area (Å²) in [6, 6.07) is 0.561. The highest BCUT2D eigenvalue weighted by Crippen LogP contribution is 2.44. The number of ether oxygens (including phenoxy) is 1. The largest absolute Gasteiger partial charge is 0.369 e. The fraction of sp³-hybridized carbons (Fsp3) is 1.00. The first kappa shape index (κ1) is 18.3. The van der Waals surface area contributed by atoms with Crippen LogP contribution >= 0.6 is 11.8 Å². The standard InChI is InChI=1S/C17H35NOS/c1-8-10-18-15(12-20-13(3)9-2)14-11-16(4,5)19-17(14,6)7/h13-15,18H,8-12H2,1-7H3. The lowest BCUT2D eigenvalue weighted by Gasteiger charge is -2.34. The van der Waals surface area contributed by atoms with Crippen LogP contribution in [0.4, 0.5) is 0 Å². The van der Waals surface area contributed by atoms with Crippen LogP contribution in [0.25, 0.3) is 0 Å². The maximum atomic E-state index is 6.29. The highest BCUT2D eigenvalue weighted by molar-refractivity contribution is 7.99. The fourth-order valence-electron chi connectivity index (χ4n) is 3.26. The molecule has 1 heterocycles. The van der Waals surface area contributed by atoms with Gasteiger partial charge in [-0.2, -0.15) is 11.8 Å². The smallest absolute Gasteiger partial charge is 0.0678 e. The molecule has 0 aromatic rings. The van der Waals surface area contributed by atoms with Gasteiger partial charge in [-0.15, -0.1) is 0 Å². The van der Waals surface area contributed by atoms with Crippen molar-refractivity contribution in [3.8, 4) is 0 Å². The maximum Gasteiger partial charge on any atom is 0.0678 e. The molecule has 3 heteroatoms. The van der Waals surface area contributed by atoms with Crippen LogP contribution < -0.4 is 5.32 Å². The minimum atomic E-state index is -0.0229. The van der Waals surface area contributed by atoms with E-state index in [2.05, 4.69) is 65.5 Å². The van der Waals surface area contributed by atoms with Crippen molar-refractivity contribution in [3.05, 3.63) is 0 Å². The van der Waals surface area contributed by atoms with E-state index in [4.69, 9.17) is 4.74 Å². The maximum absolute atomic E-state index is 6.29. The molecule has 1 aliphatic heterocycles. The van der Waals surface area contributed by atoms with Crippen LogP contribution in [-0.2, 0) is 4.74 Å². The molecule has 0 spiro atoms. The second kappa shape index (κ2) is 7.51. The number of nitrogens with one attached hydrogen (secondary N) is 1. The number of hydrogen-bond acceptors (Lipinski definition) is 3. The van der Waals surface area contributed by atoms with E-state index in [1.807, 2.05) is 0 Å². The first-order valence-corrected chi connectivity index (χ1v) is 9.32. The van der Waals surface area contributed by atoms with E-state index < -0.39 is 0 Å². The lowest BCUT2D eigenvalue weighted by molar-refractivity contribution is -0.0769. The predicted octanol–water partition coefficient (Wildman–Crippen LogP) is 4.48. The predicted molar refractivity (Wildman–Crippen MR) is 91.6 cm³/mol. The van der Waals surface area contributed by atoms with E-state index in [1.54, 1.807) is 0 Å². The molecule has 120 valence electrons. The molecule has 20 heavy (non-hydrogen) atoms. The van der Waals surface area contributed by atoms with Gasteiger partial charge in [-0.25, -0.2) is 0 Å². The van der Waals surface area contributed by atoms with Gasteiger partial charge in [-0.1, -0.05) is 20.8 Å². The summed E-state index contributed by atoms with van der Waals surface area (Å²) in [5, 5.41) is 4.53. The Kier molecular flexibility index (Phi) is 6.88. The van der Waals surface area contributed by atoms with Crippen LogP contribution in [0, 0.1) is 5.92 Å². The van der Waals surface area contributed by atoms with Crippen molar-refractivity contribution in [1.82, 2.24) is 5.32 Å². The van der Waals surface area contributed by atoms with Gasteiger partial charge in [-0.05, 0) is 53.5 Å². The molecule has 1 rings (SSSR count). The number of thioether (sulfide) groups is 1. The van der Waals surface area contributed by atoms with Crippen molar-refractivity contribution < 1.29 is 4.74 Å². The van der Waals surface area contributed by atoms with Crippen molar-refractivity contribution in [3.63, 3.8) is 0 Å². The molecule has 1 fully saturated rings. The Labute approximate surface area is 130 Å². The lowest BCUT2D eigenvalue weighted by Crippen LogP contribution is -2.46. The summed E-state index contributed by atoms with van der Waals surface area (Å²) in [5.74, 6) is 1.79. The monoisotopic (exact) mass is 301 g/mol. The Balaban J connectivity index is 2.71. The average molecular weight is 302 g/mol. The van der Waals surface area contributed by atoms with E-state index in [9.17, 15) is 0 Å². The van der Waals surface area contributed by atoms with Gasteiger partial charge in [0, 0.05) is 23.0 Å². The Hall–Kier alpha value is 0.270.